The van der Waals surface area contributed by atoms with Crippen molar-refractivity contribution in [3.63, 3.8) is 0 Å². The maximum atomic E-state index is 3.81. The molecule has 0 spiro atoms. The molecule has 1 aliphatic heterocycles. The van der Waals surface area contributed by atoms with Gasteiger partial charge in [-0.3, -0.25) is 4.90 Å². The Hall–Kier alpha value is -0.860. The minimum Gasteiger partial charge on any atom is -0.307 e. The fourth-order valence-corrected chi connectivity index (χ4v) is 3.80. The molecule has 1 heterocycles. The number of rotatable bonds is 4. The van der Waals surface area contributed by atoms with Crippen molar-refractivity contribution < 1.29 is 0 Å². The van der Waals surface area contributed by atoms with E-state index in [0.29, 0.717) is 17.6 Å². The molecule has 2 nitrogen and oxygen atoms in total. The SMILES string of the molecule is CCC(C)N1CC(c2ccccc2)NCC1(C)C1CC1. The van der Waals surface area contributed by atoms with E-state index < -0.39 is 0 Å². The van der Waals surface area contributed by atoms with Crippen LogP contribution >= 0.6 is 0 Å². The average molecular weight is 272 g/mol. The van der Waals surface area contributed by atoms with E-state index in [1.54, 1.807) is 0 Å². The van der Waals surface area contributed by atoms with Crippen molar-refractivity contribution in [2.45, 2.75) is 57.7 Å². The third-order valence-corrected chi connectivity index (χ3v) is 5.52. The number of nitrogens with one attached hydrogen (secondary N) is 1. The minimum atomic E-state index is 0.362. The van der Waals surface area contributed by atoms with Crippen LogP contribution in [-0.2, 0) is 0 Å². The van der Waals surface area contributed by atoms with Gasteiger partial charge in [-0.05, 0) is 44.6 Å². The predicted molar refractivity (Wildman–Crippen MR) is 84.8 cm³/mol. The molecule has 2 aliphatic rings. The summed E-state index contributed by atoms with van der Waals surface area (Å²) in [5.74, 6) is 0.903. The Labute approximate surface area is 123 Å². The van der Waals surface area contributed by atoms with Gasteiger partial charge < -0.3 is 5.32 Å². The van der Waals surface area contributed by atoms with Crippen molar-refractivity contribution in [1.82, 2.24) is 10.2 Å². The molecule has 0 bridgehead atoms. The van der Waals surface area contributed by atoms with Crippen LogP contribution in [0.25, 0.3) is 0 Å². The molecule has 0 aromatic heterocycles. The summed E-state index contributed by atoms with van der Waals surface area (Å²) in [6, 6.07) is 12.1. The van der Waals surface area contributed by atoms with E-state index in [2.05, 4.69) is 61.3 Å². The summed E-state index contributed by atoms with van der Waals surface area (Å²) in [5.41, 5.74) is 1.79. The highest BCUT2D eigenvalue weighted by Crippen LogP contribution is 2.46. The van der Waals surface area contributed by atoms with Gasteiger partial charge in [0.25, 0.3) is 0 Å². The lowest BCUT2D eigenvalue weighted by Gasteiger charge is -2.51. The summed E-state index contributed by atoms with van der Waals surface area (Å²) in [6.45, 7) is 9.46. The fourth-order valence-electron chi connectivity index (χ4n) is 3.80. The highest BCUT2D eigenvalue weighted by atomic mass is 15.3. The Morgan fingerprint density at radius 1 is 1.30 bits per heavy atom. The van der Waals surface area contributed by atoms with Crippen LogP contribution in [0, 0.1) is 5.92 Å². The quantitative estimate of drug-likeness (QED) is 0.901. The summed E-state index contributed by atoms with van der Waals surface area (Å²) in [6.07, 6.45) is 4.08. The van der Waals surface area contributed by atoms with Crippen LogP contribution in [0.5, 0.6) is 0 Å². The molecule has 0 radical (unpaired) electrons. The molecule has 1 saturated heterocycles. The first-order valence-corrected chi connectivity index (χ1v) is 8.20. The van der Waals surface area contributed by atoms with E-state index in [4.69, 9.17) is 0 Å². The van der Waals surface area contributed by atoms with Crippen LogP contribution in [-0.4, -0.2) is 29.6 Å². The normalized spacial score (nSPS) is 33.0. The average Bonchev–Trinajstić information content (AvgIpc) is 3.33. The molecule has 1 saturated carbocycles. The van der Waals surface area contributed by atoms with Crippen LogP contribution in [0.3, 0.4) is 0 Å². The second kappa shape index (κ2) is 5.50. The summed E-state index contributed by atoms with van der Waals surface area (Å²) in [4.78, 5) is 2.79. The molecule has 3 unspecified atom stereocenters. The Bertz CT molecular complexity index is 440. The van der Waals surface area contributed by atoms with Gasteiger partial charge in [0, 0.05) is 30.7 Å². The first-order valence-electron chi connectivity index (χ1n) is 8.20. The molecule has 2 heteroatoms. The van der Waals surface area contributed by atoms with Crippen LogP contribution in [0.4, 0.5) is 0 Å². The third kappa shape index (κ3) is 2.51. The van der Waals surface area contributed by atoms with Gasteiger partial charge in [-0.1, -0.05) is 37.3 Å². The molecule has 0 amide bonds. The highest BCUT2D eigenvalue weighted by molar-refractivity contribution is 5.21. The van der Waals surface area contributed by atoms with Gasteiger partial charge in [0.15, 0.2) is 0 Å². The molecule has 1 aromatic rings. The maximum Gasteiger partial charge on any atom is 0.0450 e. The second-order valence-corrected chi connectivity index (χ2v) is 6.89. The third-order valence-electron chi connectivity index (χ3n) is 5.52. The molecular formula is C18H28N2. The van der Waals surface area contributed by atoms with Crippen molar-refractivity contribution in [2.75, 3.05) is 13.1 Å². The Morgan fingerprint density at radius 2 is 2.00 bits per heavy atom. The zero-order valence-corrected chi connectivity index (χ0v) is 13.1. The van der Waals surface area contributed by atoms with Crippen molar-refractivity contribution in [3.8, 4) is 0 Å². The number of benzene rings is 1. The fraction of sp³-hybridized carbons (Fsp3) is 0.667. The molecule has 20 heavy (non-hydrogen) atoms. The van der Waals surface area contributed by atoms with Gasteiger partial charge in [0.1, 0.15) is 0 Å². The lowest BCUT2D eigenvalue weighted by atomic mass is 9.86. The van der Waals surface area contributed by atoms with Gasteiger partial charge in [-0.2, -0.15) is 0 Å². The van der Waals surface area contributed by atoms with Gasteiger partial charge in [-0.25, -0.2) is 0 Å². The van der Waals surface area contributed by atoms with Crippen molar-refractivity contribution in [3.05, 3.63) is 35.9 Å². The zero-order chi connectivity index (χ0) is 14.2. The smallest absolute Gasteiger partial charge is 0.0450 e. The molecule has 3 atom stereocenters. The van der Waals surface area contributed by atoms with E-state index in [0.717, 1.165) is 19.0 Å². The van der Waals surface area contributed by atoms with E-state index in [1.807, 2.05) is 0 Å². The summed E-state index contributed by atoms with van der Waals surface area (Å²) < 4.78 is 0. The van der Waals surface area contributed by atoms with Crippen molar-refractivity contribution >= 4 is 0 Å². The summed E-state index contributed by atoms with van der Waals surface area (Å²) in [5, 5.41) is 3.81. The molecule has 1 aliphatic carbocycles. The first-order chi connectivity index (χ1) is 9.65. The maximum absolute atomic E-state index is 3.81. The molecular weight excluding hydrogens is 244 g/mol. The van der Waals surface area contributed by atoms with E-state index in [9.17, 15) is 0 Å². The van der Waals surface area contributed by atoms with E-state index in [1.165, 1.54) is 24.8 Å². The monoisotopic (exact) mass is 272 g/mol. The first kappa shape index (κ1) is 14.1. The van der Waals surface area contributed by atoms with E-state index in [-0.39, 0.29) is 0 Å². The van der Waals surface area contributed by atoms with E-state index >= 15 is 0 Å². The number of piperazine rings is 1. The van der Waals surface area contributed by atoms with Crippen LogP contribution < -0.4 is 5.32 Å². The largest absolute Gasteiger partial charge is 0.307 e. The molecule has 1 N–H and O–H groups in total. The topological polar surface area (TPSA) is 15.3 Å². The number of nitrogens with zero attached hydrogens (tertiary/aromatic N) is 1. The standard InChI is InChI=1S/C18H28N2/c1-4-14(2)20-12-17(15-8-6-5-7-9-15)19-13-18(20,3)16-10-11-16/h5-9,14,16-17,19H,4,10-13H2,1-3H3. The Morgan fingerprint density at radius 3 is 2.60 bits per heavy atom. The lowest BCUT2D eigenvalue weighted by molar-refractivity contribution is 0.00200. The lowest BCUT2D eigenvalue weighted by Crippen LogP contribution is -2.64. The molecule has 110 valence electrons. The Balaban J connectivity index is 1.81. The Kier molecular flexibility index (Phi) is 3.87. The number of hydrogen-bond acceptors (Lipinski definition) is 2. The van der Waals surface area contributed by atoms with Gasteiger partial charge in [0.2, 0.25) is 0 Å². The van der Waals surface area contributed by atoms with Gasteiger partial charge >= 0.3 is 0 Å². The minimum absolute atomic E-state index is 0.362. The van der Waals surface area contributed by atoms with Crippen LogP contribution in [0.15, 0.2) is 30.3 Å². The van der Waals surface area contributed by atoms with Gasteiger partial charge in [-0.15, -0.1) is 0 Å². The van der Waals surface area contributed by atoms with Crippen LogP contribution in [0.1, 0.15) is 51.6 Å². The zero-order valence-electron chi connectivity index (χ0n) is 13.1. The van der Waals surface area contributed by atoms with Crippen molar-refractivity contribution in [1.29, 1.82) is 0 Å². The highest BCUT2D eigenvalue weighted by Gasteiger charge is 2.49. The molecule has 3 rings (SSSR count). The van der Waals surface area contributed by atoms with Crippen LogP contribution in [0.2, 0.25) is 0 Å². The summed E-state index contributed by atoms with van der Waals surface area (Å²) >= 11 is 0. The number of hydrogen-bond donors (Lipinski definition) is 1. The molecule has 1 aromatic carbocycles. The second-order valence-electron chi connectivity index (χ2n) is 6.89. The molecule has 2 fully saturated rings. The predicted octanol–water partition coefficient (Wildman–Crippen LogP) is 3.60. The summed E-state index contributed by atoms with van der Waals surface area (Å²) in [7, 11) is 0. The van der Waals surface area contributed by atoms with Crippen molar-refractivity contribution in [2.24, 2.45) is 5.92 Å². The van der Waals surface area contributed by atoms with Gasteiger partial charge in [0.05, 0.1) is 0 Å².